The van der Waals surface area contributed by atoms with Crippen LogP contribution in [-0.4, -0.2) is 42.6 Å². The molecule has 140 valence electrons. The molecule has 0 bridgehead atoms. The first-order chi connectivity index (χ1) is 12.2. The summed E-state index contributed by atoms with van der Waals surface area (Å²) < 4.78 is 40.7. The summed E-state index contributed by atoms with van der Waals surface area (Å²) in [5, 5.41) is 11.5. The van der Waals surface area contributed by atoms with Gasteiger partial charge in [-0.05, 0) is 46.3 Å². The molecule has 6 nitrogen and oxygen atoms in total. The summed E-state index contributed by atoms with van der Waals surface area (Å²) in [5.41, 5.74) is 0.566. The molecule has 1 heterocycles. The molecule has 0 atom stereocenters. The van der Waals surface area contributed by atoms with Crippen LogP contribution < -0.4 is 15.0 Å². The zero-order valence-corrected chi connectivity index (χ0v) is 15.1. The fourth-order valence-electron chi connectivity index (χ4n) is 2.03. The van der Waals surface area contributed by atoms with Crippen molar-refractivity contribution in [3.63, 3.8) is 0 Å². The van der Waals surface area contributed by atoms with E-state index in [1.54, 1.807) is 18.0 Å². The average molecular weight is 434 g/mol. The summed E-state index contributed by atoms with van der Waals surface area (Å²) in [4.78, 5) is 18.1. The van der Waals surface area contributed by atoms with Gasteiger partial charge < -0.3 is 20.1 Å². The molecule has 0 radical (unpaired) electrons. The second-order valence-electron chi connectivity index (χ2n) is 5.20. The summed E-state index contributed by atoms with van der Waals surface area (Å²) in [5.74, 6) is -0.292. The number of rotatable bonds is 6. The number of hydrogen-bond donors (Lipinski definition) is 2. The molecule has 1 amide bonds. The van der Waals surface area contributed by atoms with Gasteiger partial charge in [0.2, 0.25) is 0 Å². The van der Waals surface area contributed by atoms with Gasteiger partial charge in [-0.3, -0.25) is 4.79 Å². The fraction of sp³-hybridized carbons (Fsp3) is 0.250. The van der Waals surface area contributed by atoms with Crippen LogP contribution in [0.3, 0.4) is 0 Å². The smallest absolute Gasteiger partial charge is 0.406 e. The van der Waals surface area contributed by atoms with E-state index in [1.165, 1.54) is 18.3 Å². The molecular formula is C16H15BrF3N3O3. The molecule has 1 aromatic carbocycles. The number of anilines is 2. The SMILES string of the molecule is CN(CCO)c1ncc(C(=O)Nc2ccc(OC(F)(F)F)cc2)cc1Br. The number of aromatic nitrogens is 1. The largest absolute Gasteiger partial charge is 0.573 e. The normalized spacial score (nSPS) is 11.2. The van der Waals surface area contributed by atoms with Crippen LogP contribution in [0.2, 0.25) is 0 Å². The van der Waals surface area contributed by atoms with Crippen molar-refractivity contribution in [2.24, 2.45) is 0 Å². The van der Waals surface area contributed by atoms with Crippen molar-refractivity contribution >= 4 is 33.3 Å². The molecule has 2 rings (SSSR count). The van der Waals surface area contributed by atoms with E-state index in [9.17, 15) is 18.0 Å². The number of aliphatic hydroxyl groups is 1. The van der Waals surface area contributed by atoms with E-state index >= 15 is 0 Å². The first-order valence-corrected chi connectivity index (χ1v) is 8.13. The zero-order chi connectivity index (χ0) is 19.3. The molecule has 0 saturated heterocycles. The highest BCUT2D eigenvalue weighted by atomic mass is 79.9. The van der Waals surface area contributed by atoms with Crippen molar-refractivity contribution in [2.75, 3.05) is 30.4 Å². The Morgan fingerprint density at radius 2 is 2.00 bits per heavy atom. The second kappa shape index (κ2) is 8.37. The maximum Gasteiger partial charge on any atom is 0.573 e. The molecule has 0 aliphatic heterocycles. The molecule has 2 N–H and O–H groups in total. The number of nitrogens with zero attached hydrogens (tertiary/aromatic N) is 2. The average Bonchev–Trinajstić information content (AvgIpc) is 2.55. The maximum atomic E-state index is 12.3. The number of hydrogen-bond acceptors (Lipinski definition) is 5. The van der Waals surface area contributed by atoms with Crippen LogP contribution in [0.5, 0.6) is 5.75 Å². The molecule has 0 fully saturated rings. The second-order valence-corrected chi connectivity index (χ2v) is 6.06. The van der Waals surface area contributed by atoms with Crippen LogP contribution in [0.25, 0.3) is 0 Å². The van der Waals surface area contributed by atoms with Crippen molar-refractivity contribution in [1.29, 1.82) is 0 Å². The number of carbonyl (C=O) groups is 1. The molecule has 0 spiro atoms. The molecule has 26 heavy (non-hydrogen) atoms. The maximum absolute atomic E-state index is 12.3. The van der Waals surface area contributed by atoms with Crippen LogP contribution in [0.15, 0.2) is 41.0 Å². The zero-order valence-electron chi connectivity index (χ0n) is 13.5. The fourth-order valence-corrected chi connectivity index (χ4v) is 2.69. The Balaban J connectivity index is 2.06. The lowest BCUT2D eigenvalue weighted by atomic mass is 10.2. The Kier molecular flexibility index (Phi) is 6.43. The van der Waals surface area contributed by atoms with E-state index in [1.807, 2.05) is 0 Å². The van der Waals surface area contributed by atoms with Crippen LogP contribution in [-0.2, 0) is 0 Å². The third-order valence-corrected chi connectivity index (χ3v) is 3.81. The Hall–Kier alpha value is -2.33. The number of nitrogens with one attached hydrogen (secondary N) is 1. The minimum absolute atomic E-state index is 0.0408. The van der Waals surface area contributed by atoms with Crippen LogP contribution in [0, 0.1) is 0 Å². The minimum Gasteiger partial charge on any atom is -0.406 e. The molecule has 0 unspecified atom stereocenters. The first-order valence-electron chi connectivity index (χ1n) is 7.34. The number of benzene rings is 1. The highest BCUT2D eigenvalue weighted by Gasteiger charge is 2.30. The number of carbonyl (C=O) groups excluding carboxylic acids is 1. The van der Waals surface area contributed by atoms with Crippen molar-refractivity contribution < 1.29 is 27.8 Å². The first kappa shape index (κ1) is 20.0. The van der Waals surface area contributed by atoms with E-state index in [-0.39, 0.29) is 17.9 Å². The third-order valence-electron chi connectivity index (χ3n) is 3.23. The van der Waals surface area contributed by atoms with Gasteiger partial charge in [-0.25, -0.2) is 4.98 Å². The van der Waals surface area contributed by atoms with Crippen LogP contribution in [0.4, 0.5) is 24.7 Å². The molecule has 10 heteroatoms. The Bertz CT molecular complexity index is 770. The van der Waals surface area contributed by atoms with Gasteiger partial charge in [0.1, 0.15) is 11.6 Å². The molecule has 2 aromatic rings. The lowest BCUT2D eigenvalue weighted by molar-refractivity contribution is -0.274. The summed E-state index contributed by atoms with van der Waals surface area (Å²) in [6.07, 6.45) is -3.40. The number of alkyl halides is 3. The van der Waals surface area contributed by atoms with Crippen molar-refractivity contribution in [2.45, 2.75) is 6.36 Å². The van der Waals surface area contributed by atoms with Gasteiger partial charge in [0.05, 0.1) is 16.6 Å². The van der Waals surface area contributed by atoms with Crippen LogP contribution >= 0.6 is 15.9 Å². The summed E-state index contributed by atoms with van der Waals surface area (Å²) in [6.45, 7) is 0.338. The quantitative estimate of drug-likeness (QED) is 0.729. The summed E-state index contributed by atoms with van der Waals surface area (Å²) >= 11 is 3.32. The summed E-state index contributed by atoms with van der Waals surface area (Å²) in [7, 11) is 1.74. The highest BCUT2D eigenvalue weighted by Crippen LogP contribution is 2.26. The van der Waals surface area contributed by atoms with Crippen molar-refractivity contribution in [3.05, 3.63) is 46.6 Å². The Morgan fingerprint density at radius 3 is 2.54 bits per heavy atom. The van der Waals surface area contributed by atoms with Crippen molar-refractivity contribution in [3.8, 4) is 5.75 Å². The van der Waals surface area contributed by atoms with Gasteiger partial charge in [-0.1, -0.05) is 0 Å². The number of amides is 1. The van der Waals surface area contributed by atoms with Gasteiger partial charge in [0.25, 0.3) is 5.91 Å². The van der Waals surface area contributed by atoms with Gasteiger partial charge in [-0.15, -0.1) is 13.2 Å². The molecule has 0 aliphatic rings. The number of ether oxygens (including phenoxy) is 1. The number of halogens is 4. The van der Waals surface area contributed by atoms with Crippen LogP contribution in [0.1, 0.15) is 10.4 Å². The predicted octanol–water partition coefficient (Wildman–Crippen LogP) is 3.42. The lowest BCUT2D eigenvalue weighted by Crippen LogP contribution is -2.23. The minimum atomic E-state index is -4.77. The Labute approximate surface area is 155 Å². The number of pyridine rings is 1. The number of aliphatic hydroxyl groups excluding tert-OH is 1. The predicted molar refractivity (Wildman–Crippen MR) is 93.4 cm³/mol. The Morgan fingerprint density at radius 1 is 1.35 bits per heavy atom. The van der Waals surface area contributed by atoms with E-state index in [0.717, 1.165) is 12.1 Å². The van der Waals surface area contributed by atoms with Gasteiger partial charge in [-0.2, -0.15) is 0 Å². The molecule has 0 aliphatic carbocycles. The van der Waals surface area contributed by atoms with Gasteiger partial charge in [0, 0.05) is 25.5 Å². The van der Waals surface area contributed by atoms with Gasteiger partial charge >= 0.3 is 6.36 Å². The summed E-state index contributed by atoms with van der Waals surface area (Å²) in [6, 6.07) is 6.36. The highest BCUT2D eigenvalue weighted by molar-refractivity contribution is 9.10. The van der Waals surface area contributed by atoms with E-state index in [2.05, 4.69) is 31.0 Å². The standard InChI is InChI=1S/C16H15BrF3N3O3/c1-23(6-7-24)14-13(17)8-10(9-21-14)15(25)22-11-2-4-12(5-3-11)26-16(18,19)20/h2-5,8-9,24H,6-7H2,1H3,(H,22,25). The van der Waals surface area contributed by atoms with E-state index in [4.69, 9.17) is 5.11 Å². The monoisotopic (exact) mass is 433 g/mol. The molecular weight excluding hydrogens is 419 g/mol. The van der Waals surface area contributed by atoms with Gasteiger partial charge in [0.15, 0.2) is 0 Å². The van der Waals surface area contributed by atoms with Crippen molar-refractivity contribution in [1.82, 2.24) is 4.98 Å². The third kappa shape index (κ3) is 5.60. The lowest BCUT2D eigenvalue weighted by Gasteiger charge is -2.18. The molecule has 1 aromatic heterocycles. The molecule has 0 saturated carbocycles. The topological polar surface area (TPSA) is 74.7 Å². The van der Waals surface area contributed by atoms with E-state index in [0.29, 0.717) is 22.5 Å². The number of likely N-dealkylation sites (N-methyl/N-ethyl adjacent to an activating group) is 1. The van der Waals surface area contributed by atoms with E-state index < -0.39 is 12.3 Å².